The van der Waals surface area contributed by atoms with Crippen LogP contribution in [0.2, 0.25) is 0 Å². The molecule has 7 heteroatoms. The first-order chi connectivity index (χ1) is 12.6. The van der Waals surface area contributed by atoms with Crippen molar-refractivity contribution >= 4 is 51.1 Å². The maximum absolute atomic E-state index is 12.4. The van der Waals surface area contributed by atoms with Crippen molar-refractivity contribution in [3.8, 4) is 17.2 Å². The number of halogens is 2. The predicted molar refractivity (Wildman–Crippen MR) is 116 cm³/mol. The summed E-state index contributed by atoms with van der Waals surface area (Å²) in [5.74, 6) is 2.06. The summed E-state index contributed by atoms with van der Waals surface area (Å²) in [4.78, 5) is 12.4. The fourth-order valence-corrected chi connectivity index (χ4v) is 3.63. The summed E-state index contributed by atoms with van der Waals surface area (Å²) in [6, 6.07) is 11.8. The maximum atomic E-state index is 12.4. The summed E-state index contributed by atoms with van der Waals surface area (Å²) >= 11 is 4.65. The Labute approximate surface area is 180 Å². The highest BCUT2D eigenvalue weighted by atomic mass is 127. The van der Waals surface area contributed by atoms with Crippen molar-refractivity contribution in [2.75, 3.05) is 6.79 Å². The Morgan fingerprint density at radius 3 is 2.65 bits per heavy atom. The van der Waals surface area contributed by atoms with Crippen molar-refractivity contribution in [3.63, 3.8) is 0 Å². The molecule has 1 N–H and O–H groups in total. The van der Waals surface area contributed by atoms with E-state index in [1.54, 1.807) is 6.92 Å². The molecule has 0 aliphatic carbocycles. The van der Waals surface area contributed by atoms with E-state index in [9.17, 15) is 4.79 Å². The number of alkyl halides is 2. The van der Waals surface area contributed by atoms with Crippen molar-refractivity contribution in [3.05, 3.63) is 53.1 Å². The average Bonchev–Trinajstić information content (AvgIpc) is 3.14. The lowest BCUT2D eigenvalue weighted by atomic mass is 10.1. The third-order valence-corrected chi connectivity index (χ3v) is 5.70. The summed E-state index contributed by atoms with van der Waals surface area (Å²) in [7, 11) is 0. The molecule has 1 aliphatic rings. The Hall–Kier alpha value is -1.23. The fourth-order valence-electron chi connectivity index (χ4n) is 2.56. The van der Waals surface area contributed by atoms with Crippen LogP contribution in [0.25, 0.3) is 0 Å². The number of nitrogens with one attached hydrogen (secondary N) is 1. The molecule has 2 aromatic carbocycles. The van der Waals surface area contributed by atoms with Gasteiger partial charge in [-0.3, -0.25) is 4.79 Å². The molecular formula is C19H19I2NO4. The highest BCUT2D eigenvalue weighted by Crippen LogP contribution is 2.32. The molecule has 2 aromatic rings. The lowest BCUT2D eigenvalue weighted by molar-refractivity contribution is -0.127. The van der Waals surface area contributed by atoms with Crippen LogP contribution < -0.4 is 19.5 Å². The van der Waals surface area contributed by atoms with E-state index in [-0.39, 0.29) is 12.7 Å². The fraction of sp³-hybridized carbons (Fsp3) is 0.316. The van der Waals surface area contributed by atoms with Gasteiger partial charge in [0.25, 0.3) is 5.91 Å². The molecule has 0 fully saturated rings. The zero-order valence-corrected chi connectivity index (χ0v) is 18.6. The third-order valence-electron chi connectivity index (χ3n) is 4.00. The summed E-state index contributed by atoms with van der Waals surface area (Å²) in [5.41, 5.74) is 3.31. The summed E-state index contributed by atoms with van der Waals surface area (Å²) in [5, 5.41) is 2.91. The van der Waals surface area contributed by atoms with Gasteiger partial charge in [0, 0.05) is 21.0 Å². The van der Waals surface area contributed by atoms with Crippen molar-refractivity contribution in [2.24, 2.45) is 0 Å². The Morgan fingerprint density at radius 1 is 1.12 bits per heavy atom. The SMILES string of the molecule is CC(Oc1ccc(CI)cc1CI)C(=O)NCc1ccc2c(c1)OCO2. The number of hydrogen-bond acceptors (Lipinski definition) is 4. The van der Waals surface area contributed by atoms with Crippen LogP contribution in [0.1, 0.15) is 23.6 Å². The van der Waals surface area contributed by atoms with E-state index in [0.29, 0.717) is 12.3 Å². The molecule has 138 valence electrons. The minimum Gasteiger partial charge on any atom is -0.481 e. The predicted octanol–water partition coefficient (Wildman–Crippen LogP) is 4.37. The minimum absolute atomic E-state index is 0.153. The van der Waals surface area contributed by atoms with Gasteiger partial charge in [-0.15, -0.1) is 0 Å². The Bertz CT molecular complexity index is 797. The van der Waals surface area contributed by atoms with E-state index in [1.165, 1.54) is 5.56 Å². The first-order valence-electron chi connectivity index (χ1n) is 8.17. The molecule has 0 spiro atoms. The smallest absolute Gasteiger partial charge is 0.261 e. The number of amides is 1. The number of benzene rings is 2. The lowest BCUT2D eigenvalue weighted by Crippen LogP contribution is -2.36. The largest absolute Gasteiger partial charge is 0.481 e. The second-order valence-corrected chi connectivity index (χ2v) is 7.40. The van der Waals surface area contributed by atoms with E-state index in [1.807, 2.05) is 30.3 Å². The van der Waals surface area contributed by atoms with Gasteiger partial charge < -0.3 is 19.5 Å². The van der Waals surface area contributed by atoms with Gasteiger partial charge in [-0.05, 0) is 36.2 Å². The number of rotatable bonds is 7. The first-order valence-corrected chi connectivity index (χ1v) is 11.2. The number of ether oxygens (including phenoxy) is 3. The van der Waals surface area contributed by atoms with Crippen LogP contribution >= 0.6 is 45.2 Å². The number of carbonyl (C=O) groups is 1. The average molecular weight is 579 g/mol. The van der Waals surface area contributed by atoms with Crippen molar-refractivity contribution in [1.29, 1.82) is 0 Å². The van der Waals surface area contributed by atoms with Gasteiger partial charge in [0.05, 0.1) is 0 Å². The molecule has 0 radical (unpaired) electrons. The first kappa shape index (κ1) is 19.5. The minimum atomic E-state index is -0.573. The summed E-state index contributed by atoms with van der Waals surface area (Å²) < 4.78 is 18.3. The standard InChI is InChI=1S/C19H19I2NO4/c1-12(26-16-4-2-13(8-20)6-15(16)9-21)19(23)22-10-14-3-5-17-18(7-14)25-11-24-17/h2-7,12H,8-11H2,1H3,(H,22,23). The zero-order valence-electron chi connectivity index (χ0n) is 14.3. The molecular weight excluding hydrogens is 560 g/mol. The van der Waals surface area contributed by atoms with Gasteiger partial charge in [-0.25, -0.2) is 0 Å². The van der Waals surface area contributed by atoms with Gasteiger partial charge >= 0.3 is 0 Å². The quantitative estimate of drug-likeness (QED) is 0.392. The van der Waals surface area contributed by atoms with Crippen molar-refractivity contribution in [1.82, 2.24) is 5.32 Å². The van der Waals surface area contributed by atoms with Gasteiger partial charge in [0.1, 0.15) is 5.75 Å². The van der Waals surface area contributed by atoms with Crippen LogP contribution in [-0.4, -0.2) is 18.8 Å². The highest BCUT2D eigenvalue weighted by Gasteiger charge is 2.17. The Kier molecular flexibility index (Phi) is 6.85. The van der Waals surface area contributed by atoms with Crippen molar-refractivity contribution < 1.29 is 19.0 Å². The van der Waals surface area contributed by atoms with Crippen LogP contribution in [0.4, 0.5) is 0 Å². The molecule has 1 amide bonds. The number of carbonyl (C=O) groups excluding carboxylic acids is 1. The molecule has 26 heavy (non-hydrogen) atoms. The van der Waals surface area contributed by atoms with Crippen LogP contribution in [0, 0.1) is 0 Å². The van der Waals surface area contributed by atoms with Crippen LogP contribution in [0.15, 0.2) is 36.4 Å². The molecule has 1 atom stereocenters. The molecule has 1 unspecified atom stereocenters. The molecule has 1 aliphatic heterocycles. The molecule has 0 saturated carbocycles. The third kappa shape index (κ3) is 4.73. The van der Waals surface area contributed by atoms with Crippen molar-refractivity contribution in [2.45, 2.75) is 28.4 Å². The topological polar surface area (TPSA) is 56.8 Å². The van der Waals surface area contributed by atoms with Crippen LogP contribution in [0.5, 0.6) is 17.2 Å². The maximum Gasteiger partial charge on any atom is 0.261 e. The molecule has 0 bridgehead atoms. The Balaban J connectivity index is 1.58. The second kappa shape index (κ2) is 9.12. The van der Waals surface area contributed by atoms with Gasteiger partial charge in [-0.1, -0.05) is 63.4 Å². The molecule has 1 heterocycles. The lowest BCUT2D eigenvalue weighted by Gasteiger charge is -2.17. The van der Waals surface area contributed by atoms with Crippen LogP contribution in [0.3, 0.4) is 0 Å². The number of hydrogen-bond donors (Lipinski definition) is 1. The van der Waals surface area contributed by atoms with E-state index in [0.717, 1.165) is 31.5 Å². The highest BCUT2D eigenvalue weighted by molar-refractivity contribution is 14.1. The van der Waals surface area contributed by atoms with Gasteiger partial charge in [0.2, 0.25) is 6.79 Å². The van der Waals surface area contributed by atoms with E-state index >= 15 is 0 Å². The normalized spacial score (nSPS) is 13.3. The molecule has 3 rings (SSSR count). The van der Waals surface area contributed by atoms with E-state index < -0.39 is 6.10 Å². The Morgan fingerprint density at radius 2 is 1.88 bits per heavy atom. The summed E-state index contributed by atoms with van der Waals surface area (Å²) in [6.07, 6.45) is -0.573. The van der Waals surface area contributed by atoms with Gasteiger partial charge in [-0.2, -0.15) is 0 Å². The monoisotopic (exact) mass is 579 g/mol. The van der Waals surface area contributed by atoms with Gasteiger partial charge in [0.15, 0.2) is 17.6 Å². The molecule has 0 aromatic heterocycles. The van der Waals surface area contributed by atoms with E-state index in [4.69, 9.17) is 14.2 Å². The summed E-state index contributed by atoms with van der Waals surface area (Å²) in [6.45, 7) is 2.42. The molecule has 0 saturated heterocycles. The van der Waals surface area contributed by atoms with E-state index in [2.05, 4.69) is 56.6 Å². The second-order valence-electron chi connectivity index (χ2n) is 5.87. The number of fused-ring (bicyclic) bond motifs is 1. The van der Waals surface area contributed by atoms with Crippen LogP contribution in [-0.2, 0) is 20.2 Å². The molecule has 5 nitrogen and oxygen atoms in total. The zero-order chi connectivity index (χ0) is 18.5.